The third-order valence-corrected chi connectivity index (χ3v) is 18.1. The van der Waals surface area contributed by atoms with E-state index in [2.05, 4.69) is 30.6 Å². The number of likely N-dealkylation sites (tertiary alicyclic amines) is 2. The molecular formula is C51H56Cl2F2N8O4S2. The van der Waals surface area contributed by atoms with Crippen LogP contribution in [0.25, 0.3) is 0 Å². The van der Waals surface area contributed by atoms with Crippen molar-refractivity contribution in [2.24, 2.45) is 25.9 Å². The molecule has 0 amide bonds. The molecule has 4 heterocycles. The topological polar surface area (TPSA) is 126 Å². The molecule has 6 aromatic rings. The van der Waals surface area contributed by atoms with Gasteiger partial charge in [0.05, 0.1) is 12.9 Å². The number of fused-ring (bicyclic) bond motifs is 2. The molecule has 4 aromatic carbocycles. The summed E-state index contributed by atoms with van der Waals surface area (Å²) in [5.41, 5.74) is 6.54. The maximum absolute atomic E-state index is 16.5. The Labute approximate surface area is 413 Å². The van der Waals surface area contributed by atoms with Crippen LogP contribution in [0, 0.1) is 23.5 Å². The summed E-state index contributed by atoms with van der Waals surface area (Å²) in [7, 11) is -5.79. The zero-order valence-electron chi connectivity index (χ0n) is 38.7. The highest BCUT2D eigenvalue weighted by Crippen LogP contribution is 2.44. The van der Waals surface area contributed by atoms with Gasteiger partial charge in [0.15, 0.2) is 10.1 Å². The highest BCUT2D eigenvalue weighted by Gasteiger charge is 2.39. The Morgan fingerprint density at radius 1 is 0.725 bits per heavy atom. The summed E-state index contributed by atoms with van der Waals surface area (Å²) in [4.78, 5) is 13.4. The van der Waals surface area contributed by atoms with Gasteiger partial charge in [-0.25, -0.2) is 31.2 Å². The first-order valence-electron chi connectivity index (χ1n) is 23.7. The first-order chi connectivity index (χ1) is 33.1. The van der Waals surface area contributed by atoms with Crippen molar-refractivity contribution >= 4 is 49.2 Å². The van der Waals surface area contributed by atoms with Gasteiger partial charge < -0.3 is 18.9 Å². The molecule has 0 spiro atoms. The van der Waals surface area contributed by atoms with Crippen LogP contribution in [-0.2, 0) is 72.8 Å². The number of nitrogens with one attached hydrogen (secondary N) is 1. The lowest BCUT2D eigenvalue weighted by Gasteiger charge is -2.35. The minimum absolute atomic E-state index is 0.0166. The molecule has 10 rings (SSSR count). The lowest BCUT2D eigenvalue weighted by atomic mass is 9.85. The molecule has 4 aliphatic rings. The van der Waals surface area contributed by atoms with Crippen molar-refractivity contribution in [3.05, 3.63) is 158 Å². The molecule has 0 radical (unpaired) electrons. The van der Waals surface area contributed by atoms with Gasteiger partial charge in [0, 0.05) is 61.7 Å². The number of halogens is 4. The Hall–Kier alpha value is -4.68. The third kappa shape index (κ3) is 10.1. The molecule has 0 bridgehead atoms. The lowest BCUT2D eigenvalue weighted by molar-refractivity contribution is 0.145. The van der Waals surface area contributed by atoms with E-state index in [0.29, 0.717) is 34.4 Å². The number of hydrogen-bond donors (Lipinski definition) is 1. The average molecular weight is 1020 g/mol. The molecule has 2 aliphatic carbocycles. The normalized spacial score (nSPS) is 20.4. The number of sulfonamides is 2. The minimum atomic E-state index is -4.54. The fourth-order valence-corrected chi connectivity index (χ4v) is 13.7. The molecule has 0 saturated carbocycles. The number of nitrogens with zero attached hydrogens (tertiary/aromatic N) is 7. The second kappa shape index (κ2) is 19.5. The van der Waals surface area contributed by atoms with E-state index in [0.717, 1.165) is 96.2 Å². The molecule has 4 unspecified atom stereocenters. The third-order valence-electron chi connectivity index (χ3n) is 14.7. The highest BCUT2D eigenvalue weighted by atomic mass is 35.5. The van der Waals surface area contributed by atoms with Gasteiger partial charge in [-0.3, -0.25) is 0 Å². The molecule has 364 valence electrons. The Morgan fingerprint density at radius 2 is 1.28 bits per heavy atom. The maximum Gasteiger partial charge on any atom is 0.285 e. The van der Waals surface area contributed by atoms with E-state index in [9.17, 15) is 16.8 Å². The maximum atomic E-state index is 16.5. The van der Waals surface area contributed by atoms with Gasteiger partial charge in [-0.1, -0.05) is 59.6 Å². The number of anilines is 1. The van der Waals surface area contributed by atoms with Crippen LogP contribution in [0.3, 0.4) is 0 Å². The zero-order chi connectivity index (χ0) is 48.2. The largest absolute Gasteiger partial charge is 0.339 e. The SMILES string of the molecule is Cn1cnc(S(=O)(=O)N(Cc2cc3c(cc2F)CC(CN2CCC2)C3Cc2cccc(Cl)c2)c2nc(S(=O)(=O)NCCc3cc4c(cc3F)CC(CN3CCC3)C4Cc3cccc(Cl)c3)cn2C)c1. The van der Waals surface area contributed by atoms with Crippen LogP contribution in [0.2, 0.25) is 10.0 Å². The van der Waals surface area contributed by atoms with Gasteiger partial charge in [-0.15, -0.1) is 0 Å². The monoisotopic (exact) mass is 1020 g/mol. The van der Waals surface area contributed by atoms with Gasteiger partial charge in [-0.2, -0.15) is 13.4 Å². The zero-order valence-corrected chi connectivity index (χ0v) is 41.8. The van der Waals surface area contributed by atoms with Crippen LogP contribution in [0.4, 0.5) is 14.7 Å². The number of aromatic nitrogens is 4. The van der Waals surface area contributed by atoms with Crippen molar-refractivity contribution in [1.29, 1.82) is 0 Å². The Morgan fingerprint density at radius 3 is 1.78 bits per heavy atom. The first kappa shape index (κ1) is 48.0. The Bertz CT molecular complexity index is 3120. The van der Waals surface area contributed by atoms with Gasteiger partial charge in [0.25, 0.3) is 20.0 Å². The van der Waals surface area contributed by atoms with E-state index in [1.54, 1.807) is 19.2 Å². The summed E-state index contributed by atoms with van der Waals surface area (Å²) in [5, 5.41) is 0.530. The van der Waals surface area contributed by atoms with Gasteiger partial charge >= 0.3 is 0 Å². The molecule has 1 N–H and O–H groups in total. The van der Waals surface area contributed by atoms with E-state index in [-0.39, 0.29) is 47.3 Å². The van der Waals surface area contributed by atoms with Gasteiger partial charge in [-0.05, 0) is 170 Å². The lowest BCUT2D eigenvalue weighted by Crippen LogP contribution is -2.41. The second-order valence-corrected chi connectivity index (χ2v) is 23.8. The molecule has 4 atom stereocenters. The fraction of sp³-hybridized carbons (Fsp3) is 0.412. The second-order valence-electron chi connectivity index (χ2n) is 19.4. The van der Waals surface area contributed by atoms with Crippen molar-refractivity contribution in [3.63, 3.8) is 0 Å². The van der Waals surface area contributed by atoms with Gasteiger partial charge in [0.2, 0.25) is 5.95 Å². The number of rotatable bonds is 18. The highest BCUT2D eigenvalue weighted by molar-refractivity contribution is 7.92. The van der Waals surface area contributed by atoms with Crippen molar-refractivity contribution < 1.29 is 25.6 Å². The number of aryl methyl sites for hydroxylation is 2. The predicted molar refractivity (Wildman–Crippen MR) is 264 cm³/mol. The molecule has 12 nitrogen and oxygen atoms in total. The smallest absolute Gasteiger partial charge is 0.285 e. The molecule has 2 aromatic heterocycles. The van der Waals surface area contributed by atoms with Crippen LogP contribution in [0.5, 0.6) is 0 Å². The van der Waals surface area contributed by atoms with Crippen LogP contribution in [-0.4, -0.2) is 91.6 Å². The average Bonchev–Trinajstić information content (AvgIpc) is 4.05. The van der Waals surface area contributed by atoms with E-state index in [4.69, 9.17) is 23.2 Å². The Kier molecular flexibility index (Phi) is 13.6. The van der Waals surface area contributed by atoms with Crippen molar-refractivity contribution in [1.82, 2.24) is 33.6 Å². The molecule has 18 heteroatoms. The fourth-order valence-electron chi connectivity index (χ4n) is 10.9. The van der Waals surface area contributed by atoms with Crippen LogP contribution >= 0.6 is 23.2 Å². The summed E-state index contributed by atoms with van der Waals surface area (Å²) in [6.45, 7) is 5.31. The quantitative estimate of drug-likeness (QED) is 0.0918. The number of benzene rings is 4. The van der Waals surface area contributed by atoms with Crippen LogP contribution in [0.15, 0.2) is 102 Å². The number of hydrogen-bond acceptors (Lipinski definition) is 8. The number of imidazole rings is 2. The summed E-state index contributed by atoms with van der Waals surface area (Å²) in [5.74, 6) is -0.560. The minimum Gasteiger partial charge on any atom is -0.339 e. The Balaban J connectivity index is 0.907. The molecule has 2 fully saturated rings. The van der Waals surface area contributed by atoms with Crippen LogP contribution < -0.4 is 9.03 Å². The van der Waals surface area contributed by atoms with Gasteiger partial charge in [0.1, 0.15) is 11.6 Å². The van der Waals surface area contributed by atoms with E-state index in [1.165, 1.54) is 47.4 Å². The standard InChI is InChI=1S/C51H56Cl2F2N8O4S2/c1-59-30-49(56-32-59)69(66,67)63(29-40-24-46-37(26-48(40)55)22-39(28-62-15-6-16-62)44(46)20-34-8-4-10-42(53)18-34)51-58-50(31-60(51)2)68(64,65)57-12-11-35-23-45-36(25-47(35)54)21-38(27-61-13-5-14-61)43(45)19-33-7-3-9-41(52)17-33/h3-4,7-10,17-18,23-26,30-32,38-39,43-44,57H,5-6,11-16,19-22,27-29H2,1-2H3. The van der Waals surface area contributed by atoms with E-state index < -0.39 is 43.3 Å². The molecule has 69 heavy (non-hydrogen) atoms. The molecule has 2 saturated heterocycles. The van der Waals surface area contributed by atoms with Crippen molar-refractivity contribution in [2.45, 2.75) is 73.4 Å². The summed E-state index contributed by atoms with van der Waals surface area (Å²) < 4.78 is 95.7. The molecule has 2 aliphatic heterocycles. The van der Waals surface area contributed by atoms with E-state index in [1.807, 2.05) is 48.5 Å². The first-order valence-corrected chi connectivity index (χ1v) is 27.4. The summed E-state index contributed by atoms with van der Waals surface area (Å²) >= 11 is 12.8. The summed E-state index contributed by atoms with van der Waals surface area (Å²) in [6, 6.07) is 22.4. The predicted octanol–water partition coefficient (Wildman–Crippen LogP) is 8.06. The summed E-state index contributed by atoms with van der Waals surface area (Å²) in [6.07, 6.45) is 9.14. The van der Waals surface area contributed by atoms with Crippen molar-refractivity contribution in [3.8, 4) is 0 Å². The van der Waals surface area contributed by atoms with E-state index >= 15 is 8.78 Å². The van der Waals surface area contributed by atoms with Crippen LogP contribution in [0.1, 0.15) is 69.2 Å². The molecular weight excluding hydrogens is 962 g/mol. The van der Waals surface area contributed by atoms with Crippen molar-refractivity contribution in [2.75, 3.05) is 50.1 Å².